The van der Waals surface area contributed by atoms with E-state index in [9.17, 15) is 0 Å². The Morgan fingerprint density at radius 1 is 1.57 bits per heavy atom. The van der Waals surface area contributed by atoms with Crippen LogP contribution in [0.4, 0.5) is 5.95 Å². The minimum atomic E-state index is -0.152. The van der Waals surface area contributed by atoms with Crippen LogP contribution in [-0.4, -0.2) is 28.3 Å². The molecule has 1 aromatic heterocycles. The molecule has 14 heavy (non-hydrogen) atoms. The van der Waals surface area contributed by atoms with Gasteiger partial charge in [0.15, 0.2) is 0 Å². The lowest BCUT2D eigenvalue weighted by Crippen LogP contribution is -2.34. The van der Waals surface area contributed by atoms with Crippen molar-refractivity contribution in [1.29, 1.82) is 0 Å². The van der Waals surface area contributed by atoms with Gasteiger partial charge in [0.1, 0.15) is 0 Å². The van der Waals surface area contributed by atoms with Crippen molar-refractivity contribution in [2.24, 2.45) is 7.05 Å². The summed E-state index contributed by atoms with van der Waals surface area (Å²) in [4.78, 5) is 4.18. The van der Waals surface area contributed by atoms with Crippen molar-refractivity contribution in [2.45, 2.75) is 26.4 Å². The fourth-order valence-corrected chi connectivity index (χ4v) is 1.27. The summed E-state index contributed by atoms with van der Waals surface area (Å²) < 4.78 is 7.51. The molecular formula is C10H19N3O. The van der Waals surface area contributed by atoms with E-state index in [-0.39, 0.29) is 5.60 Å². The van der Waals surface area contributed by atoms with Crippen molar-refractivity contribution in [2.75, 3.05) is 18.5 Å². The molecule has 0 aromatic carbocycles. The van der Waals surface area contributed by atoms with Gasteiger partial charge in [-0.15, -0.1) is 0 Å². The van der Waals surface area contributed by atoms with Crippen LogP contribution < -0.4 is 5.32 Å². The van der Waals surface area contributed by atoms with Crippen LogP contribution in [0.15, 0.2) is 12.4 Å². The number of imidazole rings is 1. The third-order valence-electron chi connectivity index (χ3n) is 2.03. The molecule has 1 rings (SSSR count). The van der Waals surface area contributed by atoms with Crippen LogP contribution in [0, 0.1) is 0 Å². The van der Waals surface area contributed by atoms with Gasteiger partial charge in [0.05, 0.1) is 5.60 Å². The molecule has 0 radical (unpaired) electrons. The summed E-state index contributed by atoms with van der Waals surface area (Å²) in [7, 11) is 1.96. The van der Waals surface area contributed by atoms with E-state index < -0.39 is 0 Å². The van der Waals surface area contributed by atoms with Crippen LogP contribution in [-0.2, 0) is 11.8 Å². The Labute approximate surface area is 85.3 Å². The van der Waals surface area contributed by atoms with Gasteiger partial charge >= 0.3 is 0 Å². The number of hydrogen-bond acceptors (Lipinski definition) is 3. The Bertz CT molecular complexity index is 281. The van der Waals surface area contributed by atoms with E-state index in [0.717, 1.165) is 19.1 Å². The number of aromatic nitrogens is 2. The smallest absolute Gasteiger partial charge is 0.202 e. The zero-order valence-corrected chi connectivity index (χ0v) is 9.37. The summed E-state index contributed by atoms with van der Waals surface area (Å²) in [5, 5.41) is 3.24. The molecule has 1 N–H and O–H groups in total. The molecule has 0 aliphatic rings. The van der Waals surface area contributed by atoms with Crippen LogP contribution >= 0.6 is 0 Å². The van der Waals surface area contributed by atoms with Crippen LogP contribution in [0.1, 0.15) is 20.8 Å². The van der Waals surface area contributed by atoms with Crippen LogP contribution in [0.5, 0.6) is 0 Å². The molecule has 0 aliphatic heterocycles. The van der Waals surface area contributed by atoms with E-state index in [1.807, 2.05) is 24.7 Å². The lowest BCUT2D eigenvalue weighted by molar-refractivity contribution is 0.000556. The van der Waals surface area contributed by atoms with Crippen molar-refractivity contribution in [3.05, 3.63) is 12.4 Å². The summed E-state index contributed by atoms with van der Waals surface area (Å²) in [6.07, 6.45) is 3.69. The lowest BCUT2D eigenvalue weighted by atomic mass is 10.1. The van der Waals surface area contributed by atoms with Gasteiger partial charge in [-0.05, 0) is 20.8 Å². The van der Waals surface area contributed by atoms with Crippen molar-refractivity contribution >= 4 is 5.95 Å². The molecule has 1 aromatic rings. The summed E-state index contributed by atoms with van der Waals surface area (Å²) in [5.74, 6) is 0.873. The molecule has 0 aliphatic carbocycles. The van der Waals surface area contributed by atoms with Gasteiger partial charge in [-0.25, -0.2) is 4.98 Å². The van der Waals surface area contributed by atoms with Crippen LogP contribution in [0.25, 0.3) is 0 Å². The fraction of sp³-hybridized carbons (Fsp3) is 0.700. The molecular weight excluding hydrogens is 178 g/mol. The second kappa shape index (κ2) is 4.46. The van der Waals surface area contributed by atoms with Gasteiger partial charge in [-0.2, -0.15) is 0 Å². The quantitative estimate of drug-likeness (QED) is 0.780. The van der Waals surface area contributed by atoms with Crippen molar-refractivity contribution in [1.82, 2.24) is 9.55 Å². The highest BCUT2D eigenvalue weighted by Crippen LogP contribution is 2.10. The maximum atomic E-state index is 5.57. The topological polar surface area (TPSA) is 39.1 Å². The largest absolute Gasteiger partial charge is 0.374 e. The van der Waals surface area contributed by atoms with Gasteiger partial charge < -0.3 is 14.6 Å². The number of hydrogen-bond donors (Lipinski definition) is 1. The highest BCUT2D eigenvalue weighted by Gasteiger charge is 2.17. The van der Waals surface area contributed by atoms with Crippen molar-refractivity contribution < 1.29 is 4.74 Å². The van der Waals surface area contributed by atoms with Crippen molar-refractivity contribution in [3.63, 3.8) is 0 Å². The first-order valence-electron chi connectivity index (χ1n) is 4.90. The third kappa shape index (κ3) is 3.03. The zero-order valence-electron chi connectivity index (χ0n) is 9.37. The molecule has 0 saturated carbocycles. The molecule has 1 heterocycles. The van der Waals surface area contributed by atoms with Gasteiger partial charge in [-0.1, -0.05) is 0 Å². The first-order valence-corrected chi connectivity index (χ1v) is 4.90. The van der Waals surface area contributed by atoms with Gasteiger partial charge in [0, 0.05) is 32.6 Å². The van der Waals surface area contributed by atoms with E-state index in [4.69, 9.17) is 4.74 Å². The van der Waals surface area contributed by atoms with Gasteiger partial charge in [0.25, 0.3) is 0 Å². The Kier molecular flexibility index (Phi) is 3.52. The van der Waals surface area contributed by atoms with Crippen LogP contribution in [0.2, 0.25) is 0 Å². The third-order valence-corrected chi connectivity index (χ3v) is 2.03. The molecule has 0 fully saturated rings. The number of anilines is 1. The molecule has 4 heteroatoms. The number of nitrogens with zero attached hydrogens (tertiary/aromatic N) is 2. The average molecular weight is 197 g/mol. The minimum Gasteiger partial charge on any atom is -0.374 e. The monoisotopic (exact) mass is 197 g/mol. The maximum Gasteiger partial charge on any atom is 0.202 e. The summed E-state index contributed by atoms with van der Waals surface area (Å²) >= 11 is 0. The Morgan fingerprint density at radius 2 is 2.29 bits per heavy atom. The van der Waals surface area contributed by atoms with E-state index in [1.165, 1.54) is 0 Å². The molecule has 80 valence electrons. The lowest BCUT2D eigenvalue weighted by Gasteiger charge is -2.25. The highest BCUT2D eigenvalue weighted by molar-refractivity contribution is 5.25. The number of nitrogens with one attached hydrogen (secondary N) is 1. The molecule has 4 nitrogen and oxygen atoms in total. The Hall–Kier alpha value is -1.03. The van der Waals surface area contributed by atoms with E-state index >= 15 is 0 Å². The Morgan fingerprint density at radius 3 is 2.79 bits per heavy atom. The SMILES string of the molecule is CCOC(C)(C)CNc1nccn1C. The standard InChI is InChI=1S/C10H19N3O/c1-5-14-10(2,3)8-12-9-11-6-7-13(9)4/h6-7H,5,8H2,1-4H3,(H,11,12). The molecule has 0 unspecified atom stereocenters. The normalized spacial score (nSPS) is 11.7. The second-order valence-corrected chi connectivity index (χ2v) is 3.91. The first-order chi connectivity index (χ1) is 6.55. The highest BCUT2D eigenvalue weighted by atomic mass is 16.5. The van der Waals surface area contributed by atoms with Crippen molar-refractivity contribution in [3.8, 4) is 0 Å². The molecule has 0 spiro atoms. The molecule has 0 bridgehead atoms. The minimum absolute atomic E-state index is 0.152. The second-order valence-electron chi connectivity index (χ2n) is 3.91. The van der Waals surface area contributed by atoms with E-state index in [0.29, 0.717) is 0 Å². The van der Waals surface area contributed by atoms with E-state index in [1.54, 1.807) is 6.20 Å². The van der Waals surface area contributed by atoms with Gasteiger partial charge in [0.2, 0.25) is 5.95 Å². The summed E-state index contributed by atoms with van der Waals surface area (Å²) in [5.41, 5.74) is -0.152. The molecule has 0 atom stereocenters. The number of rotatable bonds is 5. The average Bonchev–Trinajstić information content (AvgIpc) is 2.48. The zero-order chi connectivity index (χ0) is 10.6. The number of ether oxygens (including phenoxy) is 1. The predicted molar refractivity (Wildman–Crippen MR) is 57.4 cm³/mol. The molecule has 0 amide bonds. The predicted octanol–water partition coefficient (Wildman–Crippen LogP) is 1.65. The first kappa shape index (κ1) is 11.0. The molecule has 0 saturated heterocycles. The summed E-state index contributed by atoms with van der Waals surface area (Å²) in [6.45, 7) is 7.61. The fourth-order valence-electron chi connectivity index (χ4n) is 1.27. The summed E-state index contributed by atoms with van der Waals surface area (Å²) in [6, 6.07) is 0. The Balaban J connectivity index is 2.44. The van der Waals surface area contributed by atoms with E-state index in [2.05, 4.69) is 24.1 Å². The maximum absolute atomic E-state index is 5.57. The van der Waals surface area contributed by atoms with Gasteiger partial charge in [-0.3, -0.25) is 0 Å². The van der Waals surface area contributed by atoms with Crippen LogP contribution in [0.3, 0.4) is 0 Å². The number of aryl methyl sites for hydroxylation is 1.